The van der Waals surface area contributed by atoms with Gasteiger partial charge in [-0.2, -0.15) is 0 Å². The Hall–Kier alpha value is -1.59. The van der Waals surface area contributed by atoms with Gasteiger partial charge in [0.25, 0.3) is 0 Å². The third-order valence-corrected chi connectivity index (χ3v) is 3.72. The van der Waals surface area contributed by atoms with E-state index in [1.807, 2.05) is 36.1 Å². The molecule has 0 atom stereocenters. The van der Waals surface area contributed by atoms with Crippen molar-refractivity contribution in [1.29, 1.82) is 0 Å². The molecule has 21 heavy (non-hydrogen) atoms. The van der Waals surface area contributed by atoms with Gasteiger partial charge in [-0.1, -0.05) is 12.1 Å². The van der Waals surface area contributed by atoms with Gasteiger partial charge in [-0.15, -0.1) is 0 Å². The average Bonchev–Trinajstić information content (AvgIpc) is 2.48. The normalized spacial score (nSPS) is 16.0. The summed E-state index contributed by atoms with van der Waals surface area (Å²) in [5, 5.41) is 8.90. The maximum absolute atomic E-state index is 12.1. The Morgan fingerprint density at radius 3 is 2.71 bits per heavy atom. The molecule has 1 aliphatic rings. The average molecular weight is 292 g/mol. The Morgan fingerprint density at radius 2 is 2.05 bits per heavy atom. The van der Waals surface area contributed by atoms with Crippen molar-refractivity contribution < 1.29 is 14.6 Å². The topological polar surface area (TPSA) is 53.0 Å². The molecule has 1 fully saturated rings. The van der Waals surface area contributed by atoms with Gasteiger partial charge < -0.3 is 14.7 Å². The fourth-order valence-electron chi connectivity index (χ4n) is 2.48. The minimum absolute atomic E-state index is 0.145. The number of aliphatic hydroxyl groups is 1. The molecule has 0 unspecified atom stereocenters. The number of aryl methyl sites for hydroxylation is 1. The number of aliphatic hydroxyl groups excluding tert-OH is 1. The van der Waals surface area contributed by atoms with Crippen molar-refractivity contribution in [2.24, 2.45) is 0 Å². The molecule has 1 saturated heterocycles. The summed E-state index contributed by atoms with van der Waals surface area (Å²) in [7, 11) is 0. The van der Waals surface area contributed by atoms with Gasteiger partial charge in [0, 0.05) is 32.7 Å². The first-order chi connectivity index (χ1) is 10.2. The van der Waals surface area contributed by atoms with E-state index in [0.29, 0.717) is 19.6 Å². The zero-order chi connectivity index (χ0) is 15.1. The Balaban J connectivity index is 1.68. The molecule has 0 aromatic heterocycles. The highest BCUT2D eigenvalue weighted by Crippen LogP contribution is 2.13. The van der Waals surface area contributed by atoms with Crippen molar-refractivity contribution in [2.45, 2.75) is 13.3 Å². The molecular formula is C16H24N2O3. The summed E-state index contributed by atoms with van der Waals surface area (Å²) >= 11 is 0. The van der Waals surface area contributed by atoms with E-state index in [1.54, 1.807) is 0 Å². The van der Waals surface area contributed by atoms with Crippen LogP contribution in [0.5, 0.6) is 5.75 Å². The van der Waals surface area contributed by atoms with E-state index >= 15 is 0 Å². The minimum Gasteiger partial charge on any atom is -0.493 e. The molecule has 5 heteroatoms. The standard InChI is InChI=1S/C16H24N2O3/c1-14-3-2-4-15(13-14)21-12-5-16(20)18-8-6-17(7-9-18)10-11-19/h2-4,13,19H,5-12H2,1H3. The van der Waals surface area contributed by atoms with Crippen LogP contribution in [0.15, 0.2) is 24.3 Å². The zero-order valence-corrected chi connectivity index (χ0v) is 12.6. The third-order valence-electron chi connectivity index (χ3n) is 3.72. The largest absolute Gasteiger partial charge is 0.493 e. The van der Waals surface area contributed by atoms with Crippen molar-refractivity contribution in [3.8, 4) is 5.75 Å². The molecule has 116 valence electrons. The molecule has 0 aliphatic carbocycles. The van der Waals surface area contributed by atoms with Crippen LogP contribution in [-0.2, 0) is 4.79 Å². The monoisotopic (exact) mass is 292 g/mol. The van der Waals surface area contributed by atoms with Crippen LogP contribution < -0.4 is 4.74 Å². The number of nitrogens with zero attached hydrogens (tertiary/aromatic N) is 2. The molecule has 0 bridgehead atoms. The number of amides is 1. The number of carbonyl (C=O) groups is 1. The lowest BCUT2D eigenvalue weighted by Crippen LogP contribution is -2.49. The second-order valence-electron chi connectivity index (χ2n) is 5.36. The predicted molar refractivity (Wildman–Crippen MR) is 81.4 cm³/mol. The van der Waals surface area contributed by atoms with Crippen LogP contribution in [0.1, 0.15) is 12.0 Å². The van der Waals surface area contributed by atoms with Gasteiger partial charge in [-0.05, 0) is 24.6 Å². The number of rotatable bonds is 6. The van der Waals surface area contributed by atoms with Crippen molar-refractivity contribution in [3.63, 3.8) is 0 Å². The SMILES string of the molecule is Cc1cccc(OCCC(=O)N2CCN(CCO)CC2)c1. The second kappa shape index (κ2) is 8.00. The number of β-amino-alcohol motifs (C(OH)–C–C–N with tert-alkyl or cyclic N) is 1. The van der Waals surface area contributed by atoms with E-state index in [-0.39, 0.29) is 12.5 Å². The molecule has 1 amide bonds. The molecule has 1 aromatic rings. The van der Waals surface area contributed by atoms with Gasteiger partial charge in [0.15, 0.2) is 0 Å². The van der Waals surface area contributed by atoms with Crippen LogP contribution in [-0.4, -0.2) is 66.8 Å². The highest BCUT2D eigenvalue weighted by Gasteiger charge is 2.20. The molecular weight excluding hydrogens is 268 g/mol. The van der Waals surface area contributed by atoms with Gasteiger partial charge in [-0.25, -0.2) is 0 Å². The molecule has 1 heterocycles. The van der Waals surface area contributed by atoms with E-state index in [2.05, 4.69) is 4.90 Å². The van der Waals surface area contributed by atoms with Gasteiger partial charge in [0.1, 0.15) is 5.75 Å². The Kier molecular flexibility index (Phi) is 6.02. The first kappa shape index (κ1) is 15.8. The summed E-state index contributed by atoms with van der Waals surface area (Å²) in [4.78, 5) is 16.2. The number of carbonyl (C=O) groups excluding carboxylic acids is 1. The summed E-state index contributed by atoms with van der Waals surface area (Å²) in [6.07, 6.45) is 0.411. The molecule has 5 nitrogen and oxygen atoms in total. The Bertz CT molecular complexity index is 457. The number of ether oxygens (including phenoxy) is 1. The Labute approximate surface area is 126 Å². The van der Waals surface area contributed by atoms with E-state index in [4.69, 9.17) is 9.84 Å². The first-order valence-corrected chi connectivity index (χ1v) is 7.49. The molecule has 1 aliphatic heterocycles. The smallest absolute Gasteiger partial charge is 0.226 e. The van der Waals surface area contributed by atoms with Crippen LogP contribution >= 0.6 is 0 Å². The summed E-state index contributed by atoms with van der Waals surface area (Å²) in [6.45, 7) is 6.46. The number of hydrogen-bond acceptors (Lipinski definition) is 4. The zero-order valence-electron chi connectivity index (χ0n) is 12.6. The summed E-state index contributed by atoms with van der Waals surface area (Å²) in [5.41, 5.74) is 1.15. The van der Waals surface area contributed by atoms with E-state index in [9.17, 15) is 4.79 Å². The summed E-state index contributed by atoms with van der Waals surface area (Å²) < 4.78 is 5.62. The molecule has 0 radical (unpaired) electrons. The number of piperazine rings is 1. The van der Waals surface area contributed by atoms with Crippen molar-refractivity contribution in [3.05, 3.63) is 29.8 Å². The minimum atomic E-state index is 0.145. The maximum Gasteiger partial charge on any atom is 0.226 e. The molecule has 2 rings (SSSR count). The van der Waals surface area contributed by atoms with Crippen LogP contribution in [0, 0.1) is 6.92 Å². The lowest BCUT2D eigenvalue weighted by molar-refractivity contribution is -0.133. The fourth-order valence-corrected chi connectivity index (χ4v) is 2.48. The molecule has 1 aromatic carbocycles. The van der Waals surface area contributed by atoms with Crippen LogP contribution in [0.4, 0.5) is 0 Å². The second-order valence-corrected chi connectivity index (χ2v) is 5.36. The van der Waals surface area contributed by atoms with Crippen molar-refractivity contribution in [1.82, 2.24) is 9.80 Å². The first-order valence-electron chi connectivity index (χ1n) is 7.49. The number of hydrogen-bond donors (Lipinski definition) is 1. The lowest BCUT2D eigenvalue weighted by atomic mass is 10.2. The van der Waals surface area contributed by atoms with Gasteiger partial charge in [0.2, 0.25) is 5.91 Å². The van der Waals surface area contributed by atoms with E-state index in [1.165, 1.54) is 0 Å². The van der Waals surface area contributed by atoms with Gasteiger partial charge in [0.05, 0.1) is 19.6 Å². The molecule has 0 saturated carbocycles. The van der Waals surface area contributed by atoms with Gasteiger partial charge >= 0.3 is 0 Å². The quantitative estimate of drug-likeness (QED) is 0.846. The van der Waals surface area contributed by atoms with E-state index in [0.717, 1.165) is 37.5 Å². The highest BCUT2D eigenvalue weighted by atomic mass is 16.5. The number of benzene rings is 1. The summed E-state index contributed by atoms with van der Waals surface area (Å²) in [6, 6.07) is 7.85. The molecule has 0 spiro atoms. The van der Waals surface area contributed by atoms with Crippen LogP contribution in [0.3, 0.4) is 0 Å². The third kappa shape index (κ3) is 5.02. The van der Waals surface area contributed by atoms with Crippen molar-refractivity contribution in [2.75, 3.05) is 45.9 Å². The predicted octanol–water partition coefficient (Wildman–Crippen LogP) is 0.900. The van der Waals surface area contributed by atoms with Crippen LogP contribution in [0.25, 0.3) is 0 Å². The highest BCUT2D eigenvalue weighted by molar-refractivity contribution is 5.76. The van der Waals surface area contributed by atoms with E-state index < -0.39 is 0 Å². The molecule has 1 N–H and O–H groups in total. The van der Waals surface area contributed by atoms with Crippen molar-refractivity contribution >= 4 is 5.91 Å². The van der Waals surface area contributed by atoms with Crippen LogP contribution in [0.2, 0.25) is 0 Å². The van der Waals surface area contributed by atoms with Gasteiger partial charge in [-0.3, -0.25) is 9.69 Å². The Morgan fingerprint density at radius 1 is 1.29 bits per heavy atom. The lowest BCUT2D eigenvalue weighted by Gasteiger charge is -2.34. The summed E-state index contributed by atoms with van der Waals surface area (Å²) in [5.74, 6) is 0.960. The fraction of sp³-hybridized carbons (Fsp3) is 0.562. The maximum atomic E-state index is 12.1.